The molecule has 0 aromatic carbocycles. The number of halogens is 1. The average molecular weight is 344 g/mol. The van der Waals surface area contributed by atoms with Gasteiger partial charge in [0.05, 0.1) is 10.6 Å². The van der Waals surface area contributed by atoms with Gasteiger partial charge in [0.1, 0.15) is 0 Å². The van der Waals surface area contributed by atoms with Crippen LogP contribution in [0.25, 0.3) is 0 Å². The maximum Gasteiger partial charge on any atom is 0.267 e. The number of amides is 1. The Labute approximate surface area is 138 Å². The Kier molecular flexibility index (Phi) is 5.37. The standard InChI is InChI=1S/C14H17N3OS2.ClH/c1-2-8-5-6-19-12(8)13(18)17-14-16-10-4-3-9(15)7-11(10)20-14;/h5-6,9H,2-4,7,15H2,1H3,(H,16,17,18);1H/t9-;/m0./s1. The third-order valence-corrected chi connectivity index (χ3v) is 5.52. The largest absolute Gasteiger partial charge is 0.327 e. The zero-order valence-corrected chi connectivity index (χ0v) is 14.2. The molecule has 0 aliphatic heterocycles. The second-order valence-corrected chi connectivity index (χ2v) is 6.97. The number of nitrogens with zero attached hydrogens (tertiary/aromatic N) is 1. The van der Waals surface area contributed by atoms with Crippen LogP contribution < -0.4 is 11.1 Å². The molecule has 0 saturated heterocycles. The lowest BCUT2D eigenvalue weighted by Gasteiger charge is -2.15. The molecule has 0 radical (unpaired) electrons. The smallest absolute Gasteiger partial charge is 0.267 e. The zero-order chi connectivity index (χ0) is 14.1. The van der Waals surface area contributed by atoms with Crippen molar-refractivity contribution in [1.82, 2.24) is 4.98 Å². The lowest BCUT2D eigenvalue weighted by atomic mass is 9.99. The highest BCUT2D eigenvalue weighted by Crippen LogP contribution is 2.30. The SMILES string of the molecule is CCc1ccsc1C(=O)Nc1nc2c(s1)C[C@@H](N)CC2.Cl. The van der Waals surface area contributed by atoms with Gasteiger partial charge in [-0.3, -0.25) is 10.1 Å². The highest BCUT2D eigenvalue weighted by atomic mass is 35.5. The Morgan fingerprint density at radius 3 is 3.14 bits per heavy atom. The summed E-state index contributed by atoms with van der Waals surface area (Å²) in [7, 11) is 0. The van der Waals surface area contributed by atoms with Gasteiger partial charge in [-0.1, -0.05) is 6.92 Å². The molecule has 0 spiro atoms. The lowest BCUT2D eigenvalue weighted by Crippen LogP contribution is -2.27. The molecule has 1 aliphatic carbocycles. The molecule has 3 rings (SSSR count). The van der Waals surface area contributed by atoms with E-state index in [9.17, 15) is 4.79 Å². The number of rotatable bonds is 3. The second kappa shape index (κ2) is 6.87. The van der Waals surface area contributed by atoms with Gasteiger partial charge in [-0.15, -0.1) is 35.1 Å². The van der Waals surface area contributed by atoms with E-state index in [1.54, 1.807) is 11.3 Å². The van der Waals surface area contributed by atoms with E-state index in [-0.39, 0.29) is 24.4 Å². The Hall–Kier alpha value is -0.950. The number of thiazole rings is 1. The summed E-state index contributed by atoms with van der Waals surface area (Å²) in [5.74, 6) is -0.0488. The van der Waals surface area contributed by atoms with Crippen molar-refractivity contribution < 1.29 is 4.79 Å². The number of carbonyl (C=O) groups excluding carboxylic acids is 1. The fraction of sp³-hybridized carbons (Fsp3) is 0.429. The van der Waals surface area contributed by atoms with Gasteiger partial charge in [-0.25, -0.2) is 4.98 Å². The molecule has 21 heavy (non-hydrogen) atoms. The number of aryl methyl sites for hydroxylation is 2. The van der Waals surface area contributed by atoms with Crippen molar-refractivity contribution in [2.45, 2.75) is 38.6 Å². The maximum atomic E-state index is 12.3. The van der Waals surface area contributed by atoms with Crippen LogP contribution in [-0.4, -0.2) is 16.9 Å². The summed E-state index contributed by atoms with van der Waals surface area (Å²) in [4.78, 5) is 18.8. The molecule has 1 aliphatic rings. The number of nitrogens with two attached hydrogens (primary N) is 1. The normalized spacial score (nSPS) is 17.0. The summed E-state index contributed by atoms with van der Waals surface area (Å²) >= 11 is 3.04. The highest BCUT2D eigenvalue weighted by molar-refractivity contribution is 7.16. The third kappa shape index (κ3) is 3.45. The summed E-state index contributed by atoms with van der Waals surface area (Å²) in [6.07, 6.45) is 3.65. The minimum atomic E-state index is -0.0488. The molecule has 0 bridgehead atoms. The molecule has 2 aromatic rings. The van der Waals surface area contributed by atoms with Crippen molar-refractivity contribution in [3.05, 3.63) is 32.5 Å². The van der Waals surface area contributed by atoms with Crippen molar-refractivity contribution in [3.63, 3.8) is 0 Å². The van der Waals surface area contributed by atoms with E-state index in [1.807, 2.05) is 11.4 Å². The van der Waals surface area contributed by atoms with Crippen LogP contribution in [0.1, 0.15) is 39.2 Å². The Morgan fingerprint density at radius 2 is 2.38 bits per heavy atom. The van der Waals surface area contributed by atoms with E-state index in [1.165, 1.54) is 16.2 Å². The molecule has 3 N–H and O–H groups in total. The summed E-state index contributed by atoms with van der Waals surface area (Å²) in [6.45, 7) is 2.06. The first-order valence-electron chi connectivity index (χ1n) is 6.79. The van der Waals surface area contributed by atoms with Gasteiger partial charge < -0.3 is 5.73 Å². The summed E-state index contributed by atoms with van der Waals surface area (Å²) in [6, 6.07) is 2.24. The fourth-order valence-corrected chi connectivity index (χ4v) is 4.41. The van der Waals surface area contributed by atoms with E-state index in [4.69, 9.17) is 5.73 Å². The van der Waals surface area contributed by atoms with Crippen molar-refractivity contribution in [1.29, 1.82) is 0 Å². The Bertz CT molecular complexity index is 638. The number of aromatic nitrogens is 1. The highest BCUT2D eigenvalue weighted by Gasteiger charge is 2.21. The maximum absolute atomic E-state index is 12.3. The van der Waals surface area contributed by atoms with E-state index >= 15 is 0 Å². The molecule has 2 aromatic heterocycles. The number of nitrogens with one attached hydrogen (secondary N) is 1. The third-order valence-electron chi connectivity index (χ3n) is 3.53. The van der Waals surface area contributed by atoms with Gasteiger partial charge in [0, 0.05) is 10.9 Å². The molecule has 114 valence electrons. The Morgan fingerprint density at radius 1 is 1.57 bits per heavy atom. The molecule has 7 heteroatoms. The fourth-order valence-electron chi connectivity index (χ4n) is 2.42. The number of fused-ring (bicyclic) bond motifs is 1. The first kappa shape index (κ1) is 16.4. The van der Waals surface area contributed by atoms with Crippen molar-refractivity contribution >= 4 is 46.1 Å². The molecule has 4 nitrogen and oxygen atoms in total. The molecule has 0 unspecified atom stereocenters. The molecular weight excluding hydrogens is 326 g/mol. The van der Waals surface area contributed by atoms with Crippen LogP contribution in [0.5, 0.6) is 0 Å². The number of carbonyl (C=O) groups is 1. The first-order chi connectivity index (χ1) is 9.67. The topological polar surface area (TPSA) is 68.0 Å². The van der Waals surface area contributed by atoms with E-state index in [2.05, 4.69) is 17.2 Å². The molecular formula is C14H18ClN3OS2. The van der Waals surface area contributed by atoms with Crippen LogP contribution in [0.4, 0.5) is 5.13 Å². The molecule has 0 saturated carbocycles. The Balaban J connectivity index is 0.00000161. The quantitative estimate of drug-likeness (QED) is 0.898. The monoisotopic (exact) mass is 343 g/mol. The van der Waals surface area contributed by atoms with Crippen LogP contribution in [0, 0.1) is 0 Å². The van der Waals surface area contributed by atoms with Gasteiger partial charge in [0.25, 0.3) is 5.91 Å². The zero-order valence-electron chi connectivity index (χ0n) is 11.7. The van der Waals surface area contributed by atoms with Crippen LogP contribution >= 0.6 is 35.1 Å². The number of thiophene rings is 1. The molecule has 2 heterocycles. The van der Waals surface area contributed by atoms with Crippen LogP contribution in [0.3, 0.4) is 0 Å². The van der Waals surface area contributed by atoms with Gasteiger partial charge in [-0.05, 0) is 42.7 Å². The minimum Gasteiger partial charge on any atom is -0.327 e. The molecule has 0 fully saturated rings. The molecule has 1 amide bonds. The van der Waals surface area contributed by atoms with Gasteiger partial charge in [0.15, 0.2) is 5.13 Å². The number of anilines is 1. The summed E-state index contributed by atoms with van der Waals surface area (Å²) in [5, 5.41) is 5.59. The summed E-state index contributed by atoms with van der Waals surface area (Å²) in [5.41, 5.74) is 8.17. The minimum absolute atomic E-state index is 0. The number of hydrogen-bond donors (Lipinski definition) is 2. The van der Waals surface area contributed by atoms with Gasteiger partial charge in [-0.2, -0.15) is 0 Å². The molecule has 1 atom stereocenters. The van der Waals surface area contributed by atoms with E-state index in [0.717, 1.165) is 41.8 Å². The van der Waals surface area contributed by atoms with Crippen molar-refractivity contribution in [3.8, 4) is 0 Å². The second-order valence-electron chi connectivity index (χ2n) is 4.97. The predicted octanol–water partition coefficient (Wildman–Crippen LogP) is 3.26. The first-order valence-corrected chi connectivity index (χ1v) is 8.49. The van der Waals surface area contributed by atoms with Crippen LogP contribution in [0.2, 0.25) is 0 Å². The predicted molar refractivity (Wildman–Crippen MR) is 91.0 cm³/mol. The van der Waals surface area contributed by atoms with Gasteiger partial charge >= 0.3 is 0 Å². The average Bonchev–Trinajstić information content (AvgIpc) is 3.03. The van der Waals surface area contributed by atoms with Crippen LogP contribution in [-0.2, 0) is 19.3 Å². The lowest BCUT2D eigenvalue weighted by molar-refractivity contribution is 0.103. The van der Waals surface area contributed by atoms with E-state index < -0.39 is 0 Å². The summed E-state index contributed by atoms with van der Waals surface area (Å²) < 4.78 is 0. The van der Waals surface area contributed by atoms with Gasteiger partial charge in [0.2, 0.25) is 0 Å². The van der Waals surface area contributed by atoms with Crippen molar-refractivity contribution in [2.75, 3.05) is 5.32 Å². The number of hydrogen-bond acceptors (Lipinski definition) is 5. The van der Waals surface area contributed by atoms with E-state index in [0.29, 0.717) is 5.13 Å². The van der Waals surface area contributed by atoms with Crippen LogP contribution in [0.15, 0.2) is 11.4 Å². The van der Waals surface area contributed by atoms with Crippen molar-refractivity contribution in [2.24, 2.45) is 5.73 Å².